The van der Waals surface area contributed by atoms with Gasteiger partial charge >= 0.3 is 5.97 Å². The first-order valence-electron chi connectivity index (χ1n) is 5.33. The third-order valence-corrected chi connectivity index (χ3v) is 2.78. The van der Waals surface area contributed by atoms with Crippen molar-refractivity contribution in [3.8, 4) is 5.75 Å². The number of esters is 1. The highest BCUT2D eigenvalue weighted by atomic mass is 79.9. The molecular formula is C12H16BrNO3. The number of ether oxygens (including phenoxy) is 2. The molecule has 5 heteroatoms. The molecular weight excluding hydrogens is 286 g/mol. The van der Waals surface area contributed by atoms with Crippen LogP contribution < -0.4 is 10.5 Å². The van der Waals surface area contributed by atoms with E-state index in [2.05, 4.69) is 15.9 Å². The molecule has 1 rings (SSSR count). The van der Waals surface area contributed by atoms with E-state index in [1.807, 2.05) is 18.2 Å². The SMILES string of the molecule is CCOC(=O)C[C@@H](N)c1ccc(Br)cc1OC. The highest BCUT2D eigenvalue weighted by Crippen LogP contribution is 2.29. The van der Waals surface area contributed by atoms with E-state index in [-0.39, 0.29) is 12.4 Å². The number of hydrogen-bond acceptors (Lipinski definition) is 4. The summed E-state index contributed by atoms with van der Waals surface area (Å²) in [5.74, 6) is 0.362. The third kappa shape index (κ3) is 4.02. The summed E-state index contributed by atoms with van der Waals surface area (Å²) in [5, 5.41) is 0. The summed E-state index contributed by atoms with van der Waals surface area (Å²) >= 11 is 3.35. The Bertz CT molecular complexity index is 395. The van der Waals surface area contributed by atoms with Crippen LogP contribution in [0.5, 0.6) is 5.75 Å². The van der Waals surface area contributed by atoms with Crippen molar-refractivity contribution in [3.05, 3.63) is 28.2 Å². The van der Waals surface area contributed by atoms with Crippen molar-refractivity contribution in [2.24, 2.45) is 5.73 Å². The second-order valence-corrected chi connectivity index (χ2v) is 4.42. The molecule has 2 N–H and O–H groups in total. The summed E-state index contributed by atoms with van der Waals surface area (Å²) in [6, 6.07) is 5.10. The first kappa shape index (κ1) is 14.0. The number of nitrogens with two attached hydrogens (primary N) is 1. The van der Waals surface area contributed by atoms with Crippen molar-refractivity contribution in [1.82, 2.24) is 0 Å². The van der Waals surface area contributed by atoms with Crippen molar-refractivity contribution in [1.29, 1.82) is 0 Å². The molecule has 0 aliphatic heterocycles. The zero-order chi connectivity index (χ0) is 12.8. The lowest BCUT2D eigenvalue weighted by molar-refractivity contribution is -0.143. The van der Waals surface area contributed by atoms with Gasteiger partial charge < -0.3 is 15.2 Å². The summed E-state index contributed by atoms with van der Waals surface area (Å²) in [7, 11) is 1.57. The molecule has 0 aromatic heterocycles. The maximum absolute atomic E-state index is 11.3. The minimum Gasteiger partial charge on any atom is -0.496 e. The Kier molecular flexibility index (Phi) is 5.44. The van der Waals surface area contributed by atoms with Gasteiger partial charge in [0.05, 0.1) is 20.1 Å². The van der Waals surface area contributed by atoms with Crippen LogP contribution in [0.3, 0.4) is 0 Å². The monoisotopic (exact) mass is 301 g/mol. The molecule has 0 radical (unpaired) electrons. The zero-order valence-electron chi connectivity index (χ0n) is 9.90. The number of carbonyl (C=O) groups is 1. The number of hydrogen-bond donors (Lipinski definition) is 1. The van der Waals surface area contributed by atoms with E-state index in [0.717, 1.165) is 10.0 Å². The molecule has 0 aliphatic rings. The van der Waals surface area contributed by atoms with E-state index in [4.69, 9.17) is 15.2 Å². The second-order valence-electron chi connectivity index (χ2n) is 3.50. The van der Waals surface area contributed by atoms with Gasteiger partial charge in [0.15, 0.2) is 0 Å². The molecule has 0 amide bonds. The Morgan fingerprint density at radius 1 is 1.53 bits per heavy atom. The van der Waals surface area contributed by atoms with Gasteiger partial charge in [-0.05, 0) is 19.1 Å². The Balaban J connectivity index is 2.81. The van der Waals surface area contributed by atoms with Gasteiger partial charge in [-0.15, -0.1) is 0 Å². The minimum absolute atomic E-state index is 0.145. The van der Waals surface area contributed by atoms with Gasteiger partial charge in [0.25, 0.3) is 0 Å². The number of rotatable bonds is 5. The Hall–Kier alpha value is -1.07. The molecule has 0 saturated carbocycles. The lowest BCUT2D eigenvalue weighted by atomic mass is 10.0. The fraction of sp³-hybridized carbons (Fsp3) is 0.417. The highest BCUT2D eigenvalue weighted by molar-refractivity contribution is 9.10. The molecule has 0 spiro atoms. The topological polar surface area (TPSA) is 61.5 Å². The van der Waals surface area contributed by atoms with Gasteiger partial charge in [-0.1, -0.05) is 22.0 Å². The molecule has 94 valence electrons. The standard InChI is InChI=1S/C12H16BrNO3/c1-3-17-12(15)7-10(14)9-5-4-8(13)6-11(9)16-2/h4-6,10H,3,7,14H2,1-2H3/t10-/m1/s1. The average molecular weight is 302 g/mol. The van der Waals surface area contributed by atoms with Crippen LogP contribution in [0.4, 0.5) is 0 Å². The van der Waals surface area contributed by atoms with E-state index in [0.29, 0.717) is 12.4 Å². The van der Waals surface area contributed by atoms with Gasteiger partial charge in [0.2, 0.25) is 0 Å². The van der Waals surface area contributed by atoms with Crippen LogP contribution >= 0.6 is 15.9 Å². The van der Waals surface area contributed by atoms with Gasteiger partial charge in [0.1, 0.15) is 5.75 Å². The lowest BCUT2D eigenvalue weighted by Gasteiger charge is -2.15. The quantitative estimate of drug-likeness (QED) is 0.849. The molecule has 0 heterocycles. The van der Waals surface area contributed by atoms with Gasteiger partial charge in [0, 0.05) is 16.1 Å². The summed E-state index contributed by atoms with van der Waals surface area (Å²) < 4.78 is 11.0. The van der Waals surface area contributed by atoms with Crippen LogP contribution in [0.2, 0.25) is 0 Å². The molecule has 0 bridgehead atoms. The van der Waals surface area contributed by atoms with E-state index in [9.17, 15) is 4.79 Å². The number of benzene rings is 1. The molecule has 0 fully saturated rings. The van der Waals surface area contributed by atoms with Crippen molar-refractivity contribution < 1.29 is 14.3 Å². The second kappa shape index (κ2) is 6.61. The van der Waals surface area contributed by atoms with Gasteiger partial charge in [-0.2, -0.15) is 0 Å². The summed E-state index contributed by atoms with van der Waals surface area (Å²) in [6.45, 7) is 2.13. The molecule has 1 aromatic carbocycles. The number of carbonyl (C=O) groups excluding carboxylic acids is 1. The van der Waals surface area contributed by atoms with Crippen molar-refractivity contribution >= 4 is 21.9 Å². The Labute approximate surface area is 109 Å². The van der Waals surface area contributed by atoms with Gasteiger partial charge in [-0.25, -0.2) is 0 Å². The van der Waals surface area contributed by atoms with Crippen LogP contribution in [0.25, 0.3) is 0 Å². The fourth-order valence-electron chi connectivity index (χ4n) is 1.50. The molecule has 0 aliphatic carbocycles. The molecule has 0 saturated heterocycles. The fourth-order valence-corrected chi connectivity index (χ4v) is 1.84. The maximum Gasteiger partial charge on any atom is 0.307 e. The summed E-state index contributed by atoms with van der Waals surface area (Å²) in [5.41, 5.74) is 6.75. The largest absolute Gasteiger partial charge is 0.496 e. The molecule has 4 nitrogen and oxygen atoms in total. The maximum atomic E-state index is 11.3. The molecule has 0 unspecified atom stereocenters. The van der Waals surface area contributed by atoms with Crippen LogP contribution in [-0.2, 0) is 9.53 Å². The molecule has 17 heavy (non-hydrogen) atoms. The van der Waals surface area contributed by atoms with Crippen molar-refractivity contribution in [2.75, 3.05) is 13.7 Å². The average Bonchev–Trinajstić information content (AvgIpc) is 2.28. The molecule has 1 aromatic rings. The zero-order valence-corrected chi connectivity index (χ0v) is 11.5. The number of methoxy groups -OCH3 is 1. The third-order valence-electron chi connectivity index (χ3n) is 2.29. The van der Waals surface area contributed by atoms with Crippen LogP contribution in [0.1, 0.15) is 24.9 Å². The predicted octanol–water partition coefficient (Wildman–Crippen LogP) is 2.41. The van der Waals surface area contributed by atoms with Crippen molar-refractivity contribution in [3.63, 3.8) is 0 Å². The van der Waals surface area contributed by atoms with Crippen LogP contribution in [-0.4, -0.2) is 19.7 Å². The minimum atomic E-state index is -0.419. The predicted molar refractivity (Wildman–Crippen MR) is 68.9 cm³/mol. The first-order chi connectivity index (χ1) is 8.08. The van der Waals surface area contributed by atoms with Gasteiger partial charge in [-0.3, -0.25) is 4.79 Å². The summed E-state index contributed by atoms with van der Waals surface area (Å²) in [4.78, 5) is 11.3. The normalized spacial score (nSPS) is 12.0. The van der Waals surface area contributed by atoms with Crippen LogP contribution in [0.15, 0.2) is 22.7 Å². The van der Waals surface area contributed by atoms with E-state index in [1.165, 1.54) is 0 Å². The van der Waals surface area contributed by atoms with E-state index in [1.54, 1.807) is 14.0 Å². The smallest absolute Gasteiger partial charge is 0.307 e. The Morgan fingerprint density at radius 3 is 2.82 bits per heavy atom. The van der Waals surface area contributed by atoms with Crippen LogP contribution in [0, 0.1) is 0 Å². The highest BCUT2D eigenvalue weighted by Gasteiger charge is 2.16. The molecule has 1 atom stereocenters. The Morgan fingerprint density at radius 2 is 2.24 bits per heavy atom. The first-order valence-corrected chi connectivity index (χ1v) is 6.12. The van der Waals surface area contributed by atoms with Crippen molar-refractivity contribution in [2.45, 2.75) is 19.4 Å². The number of halogens is 1. The van der Waals surface area contributed by atoms with E-state index < -0.39 is 6.04 Å². The summed E-state index contributed by atoms with van der Waals surface area (Å²) in [6.07, 6.45) is 0.145. The van der Waals surface area contributed by atoms with E-state index >= 15 is 0 Å². The lowest BCUT2D eigenvalue weighted by Crippen LogP contribution is -2.17.